The predicted molar refractivity (Wildman–Crippen MR) is 174 cm³/mol. The minimum atomic E-state index is -1.30. The molecule has 0 unspecified atom stereocenters. The molecular formula is C28H47N7O14. The standard InChI is InChI=1S/C20H21N5O6.2C4H11NO3.2H2O/c21-20-24-16-15(18(29)25-20)12(9-22-16)6-3-10-1-4-11(5-2-10)17(28)23-13(19(30)31)7-8-14(26)27;2*5-4(1-6,2-7)3-8;;/h1-2,4-5,9,13H,3,6-8H2,(H,23,28)(H,26,27)(H,30,31)(H4,21,22,24,25,29);2*6-8H,1-3,5H2;2*1H2/t13-;;;;/m0..../s1. The molecule has 21 nitrogen and oxygen atoms in total. The van der Waals surface area contributed by atoms with Gasteiger partial charge in [0, 0.05) is 18.2 Å². The molecule has 0 fully saturated rings. The fourth-order valence-corrected chi connectivity index (χ4v) is 3.49. The number of carboxylic acids is 2. The molecule has 1 aromatic carbocycles. The Morgan fingerprint density at radius 2 is 1.33 bits per heavy atom. The number of anilines is 1. The van der Waals surface area contributed by atoms with Gasteiger partial charge in [-0.25, -0.2) is 4.79 Å². The SMILES string of the molecule is NC(CO)(CO)CO.NC(CO)(CO)CO.Nc1nc2[nH]cc(CCc3ccc(C(=O)N[C@@H](CCC(=O)O)C(=O)O)cc3)c2c(=O)[nH]1.O.O. The summed E-state index contributed by atoms with van der Waals surface area (Å²) in [6.45, 7) is -2.42. The number of benzene rings is 1. The summed E-state index contributed by atoms with van der Waals surface area (Å²) in [6.07, 6.45) is 2.27. The van der Waals surface area contributed by atoms with Crippen LogP contribution in [0.5, 0.6) is 0 Å². The number of aromatic nitrogens is 3. The lowest BCUT2D eigenvalue weighted by Crippen LogP contribution is -2.50. The zero-order valence-corrected chi connectivity index (χ0v) is 26.4. The van der Waals surface area contributed by atoms with Gasteiger partial charge in [0.25, 0.3) is 11.5 Å². The molecule has 278 valence electrons. The van der Waals surface area contributed by atoms with Gasteiger partial charge in [0.05, 0.1) is 56.1 Å². The van der Waals surface area contributed by atoms with Crippen molar-refractivity contribution in [2.24, 2.45) is 11.5 Å². The van der Waals surface area contributed by atoms with Crippen LogP contribution in [-0.2, 0) is 22.4 Å². The van der Waals surface area contributed by atoms with Crippen molar-refractivity contribution in [1.29, 1.82) is 0 Å². The third-order valence-corrected chi connectivity index (χ3v) is 6.68. The molecule has 2 heterocycles. The number of aryl methyl sites for hydroxylation is 2. The Labute approximate surface area is 278 Å². The number of fused-ring (bicyclic) bond motifs is 1. The molecule has 3 rings (SSSR count). The Balaban J connectivity index is 0. The number of aliphatic hydroxyl groups is 6. The lowest BCUT2D eigenvalue weighted by molar-refractivity contribution is -0.140. The molecule has 21 N–H and O–H groups in total. The van der Waals surface area contributed by atoms with E-state index in [-0.39, 0.29) is 40.9 Å². The van der Waals surface area contributed by atoms with E-state index in [4.69, 9.17) is 58.1 Å². The fourth-order valence-electron chi connectivity index (χ4n) is 3.49. The highest BCUT2D eigenvalue weighted by molar-refractivity contribution is 5.96. The third kappa shape index (κ3) is 15.0. The van der Waals surface area contributed by atoms with E-state index >= 15 is 0 Å². The zero-order chi connectivity index (χ0) is 35.8. The molecule has 0 bridgehead atoms. The number of aliphatic hydroxyl groups excluding tert-OH is 6. The average molecular weight is 706 g/mol. The van der Waals surface area contributed by atoms with Crippen molar-refractivity contribution in [2.45, 2.75) is 42.8 Å². The monoisotopic (exact) mass is 705 g/mol. The summed E-state index contributed by atoms with van der Waals surface area (Å²) >= 11 is 0. The number of amides is 1. The normalized spacial score (nSPS) is 11.4. The fraction of sp³-hybridized carbons (Fsp3) is 0.464. The van der Waals surface area contributed by atoms with Gasteiger partial charge in [-0.1, -0.05) is 12.1 Å². The highest BCUT2D eigenvalue weighted by Gasteiger charge is 2.22. The number of H-pyrrole nitrogens is 2. The van der Waals surface area contributed by atoms with Gasteiger partial charge in [-0.2, -0.15) is 4.98 Å². The molecule has 0 saturated carbocycles. The highest BCUT2D eigenvalue weighted by Crippen LogP contribution is 2.16. The first-order valence-corrected chi connectivity index (χ1v) is 14.0. The van der Waals surface area contributed by atoms with E-state index in [1.807, 2.05) is 0 Å². The van der Waals surface area contributed by atoms with Gasteiger partial charge in [-0.15, -0.1) is 0 Å². The van der Waals surface area contributed by atoms with Gasteiger partial charge < -0.3 is 79.3 Å². The van der Waals surface area contributed by atoms with Gasteiger partial charge in [-0.3, -0.25) is 19.4 Å². The zero-order valence-electron chi connectivity index (χ0n) is 26.4. The number of carbonyl (C=O) groups excluding carboxylic acids is 1. The largest absolute Gasteiger partial charge is 0.481 e. The number of carboxylic acid groups (broad SMARTS) is 2. The second kappa shape index (κ2) is 22.2. The van der Waals surface area contributed by atoms with Crippen LogP contribution in [0.4, 0.5) is 5.95 Å². The summed E-state index contributed by atoms with van der Waals surface area (Å²) < 4.78 is 0. The molecule has 0 radical (unpaired) electrons. The van der Waals surface area contributed by atoms with Crippen molar-refractivity contribution in [3.8, 4) is 0 Å². The van der Waals surface area contributed by atoms with E-state index in [9.17, 15) is 19.2 Å². The molecular weight excluding hydrogens is 658 g/mol. The summed E-state index contributed by atoms with van der Waals surface area (Å²) in [4.78, 5) is 55.7. The van der Waals surface area contributed by atoms with Crippen molar-refractivity contribution >= 4 is 34.8 Å². The van der Waals surface area contributed by atoms with Crippen LogP contribution in [0.2, 0.25) is 0 Å². The van der Waals surface area contributed by atoms with Crippen LogP contribution in [0, 0.1) is 0 Å². The number of nitrogens with one attached hydrogen (secondary N) is 3. The summed E-state index contributed by atoms with van der Waals surface area (Å²) in [5.74, 6) is -3.00. The van der Waals surface area contributed by atoms with Gasteiger partial charge in [0.15, 0.2) is 0 Å². The maximum atomic E-state index is 12.3. The maximum absolute atomic E-state index is 12.3. The van der Waals surface area contributed by atoms with Crippen molar-refractivity contribution < 1.29 is 66.2 Å². The van der Waals surface area contributed by atoms with Crippen molar-refractivity contribution in [3.63, 3.8) is 0 Å². The van der Waals surface area contributed by atoms with Gasteiger partial charge in [0.1, 0.15) is 11.7 Å². The molecule has 0 spiro atoms. The van der Waals surface area contributed by atoms with E-state index in [0.717, 1.165) is 11.1 Å². The number of carbonyl (C=O) groups is 3. The maximum Gasteiger partial charge on any atom is 0.326 e. The molecule has 49 heavy (non-hydrogen) atoms. The van der Waals surface area contributed by atoms with Crippen LogP contribution in [0.3, 0.4) is 0 Å². The molecule has 1 amide bonds. The second-order valence-electron chi connectivity index (χ2n) is 10.7. The number of nitrogens with zero attached hydrogens (tertiary/aromatic N) is 1. The number of aliphatic carboxylic acids is 2. The van der Waals surface area contributed by atoms with Gasteiger partial charge >= 0.3 is 11.9 Å². The van der Waals surface area contributed by atoms with Crippen LogP contribution in [-0.4, -0.2) is 141 Å². The van der Waals surface area contributed by atoms with Crippen LogP contribution in [0.25, 0.3) is 11.0 Å². The van der Waals surface area contributed by atoms with Crippen LogP contribution >= 0.6 is 0 Å². The van der Waals surface area contributed by atoms with E-state index < -0.39 is 74.6 Å². The Morgan fingerprint density at radius 3 is 1.73 bits per heavy atom. The quantitative estimate of drug-likeness (QED) is 0.0700. The van der Waals surface area contributed by atoms with Crippen molar-refractivity contribution in [1.82, 2.24) is 20.3 Å². The minimum Gasteiger partial charge on any atom is -0.481 e. The van der Waals surface area contributed by atoms with E-state index in [0.29, 0.717) is 23.9 Å². The Bertz CT molecular complexity index is 1450. The van der Waals surface area contributed by atoms with Crippen molar-refractivity contribution in [3.05, 3.63) is 57.5 Å². The number of hydrogen-bond donors (Lipinski definition) is 14. The molecule has 2 aromatic heterocycles. The Hall–Kier alpha value is -4.55. The van der Waals surface area contributed by atoms with E-state index in [1.54, 1.807) is 30.5 Å². The van der Waals surface area contributed by atoms with Gasteiger partial charge in [0.2, 0.25) is 5.95 Å². The number of nitrogen functional groups attached to an aromatic ring is 1. The lowest BCUT2D eigenvalue weighted by atomic mass is 10.0. The second-order valence-corrected chi connectivity index (χ2v) is 10.7. The molecule has 0 aliphatic carbocycles. The Kier molecular flexibility index (Phi) is 21.1. The summed E-state index contributed by atoms with van der Waals surface area (Å²) in [5, 5.41) is 70.7. The number of hydrogen-bond acceptors (Lipinski definition) is 14. The summed E-state index contributed by atoms with van der Waals surface area (Å²) in [5.41, 5.74) is 15.5. The smallest absolute Gasteiger partial charge is 0.326 e. The summed E-state index contributed by atoms with van der Waals surface area (Å²) in [7, 11) is 0. The molecule has 3 aromatic rings. The molecule has 0 aliphatic heterocycles. The molecule has 0 saturated heterocycles. The first kappa shape index (κ1) is 46.6. The van der Waals surface area contributed by atoms with Crippen LogP contribution in [0.1, 0.15) is 34.3 Å². The first-order valence-electron chi connectivity index (χ1n) is 14.0. The van der Waals surface area contributed by atoms with Crippen molar-refractivity contribution in [2.75, 3.05) is 45.4 Å². The molecule has 0 aliphatic rings. The molecule has 1 atom stereocenters. The topological polar surface area (TPSA) is 428 Å². The third-order valence-electron chi connectivity index (χ3n) is 6.68. The minimum absolute atomic E-state index is 0. The summed E-state index contributed by atoms with van der Waals surface area (Å²) in [6, 6.07) is 5.30. The lowest BCUT2D eigenvalue weighted by Gasteiger charge is -2.20. The highest BCUT2D eigenvalue weighted by atomic mass is 16.4. The predicted octanol–water partition coefficient (Wildman–Crippen LogP) is -5.66. The Morgan fingerprint density at radius 1 is 0.837 bits per heavy atom. The number of aromatic amines is 2. The first-order chi connectivity index (χ1) is 22.1. The van der Waals surface area contributed by atoms with E-state index in [2.05, 4.69) is 20.3 Å². The average Bonchev–Trinajstić information content (AvgIpc) is 3.48. The number of rotatable bonds is 15. The van der Waals surface area contributed by atoms with Crippen LogP contribution < -0.4 is 28.1 Å². The van der Waals surface area contributed by atoms with E-state index in [1.165, 1.54) is 0 Å². The molecule has 21 heteroatoms. The van der Waals surface area contributed by atoms with Gasteiger partial charge in [-0.05, 0) is 42.5 Å². The van der Waals surface area contributed by atoms with Crippen LogP contribution in [0.15, 0.2) is 35.3 Å². The number of nitrogens with two attached hydrogens (primary N) is 3.